The molecular formula is C16H15N3O. The molecule has 0 N–H and O–H groups in total. The summed E-state index contributed by atoms with van der Waals surface area (Å²) in [5.74, 6) is 0.125. The first-order chi connectivity index (χ1) is 9.74. The summed E-state index contributed by atoms with van der Waals surface area (Å²) in [5, 5.41) is 4.39. The third-order valence-corrected chi connectivity index (χ3v) is 3.76. The van der Waals surface area contributed by atoms with Crippen molar-refractivity contribution in [1.82, 2.24) is 14.6 Å². The predicted octanol–water partition coefficient (Wildman–Crippen LogP) is 3.00. The monoisotopic (exact) mass is 265 g/mol. The van der Waals surface area contributed by atoms with Crippen molar-refractivity contribution in [3.05, 3.63) is 65.2 Å². The van der Waals surface area contributed by atoms with Gasteiger partial charge in [0, 0.05) is 30.1 Å². The van der Waals surface area contributed by atoms with E-state index in [9.17, 15) is 4.79 Å². The Morgan fingerprint density at radius 3 is 2.75 bits per heavy atom. The summed E-state index contributed by atoms with van der Waals surface area (Å²) >= 11 is 0. The lowest BCUT2D eigenvalue weighted by Gasteiger charge is -2.12. The molecule has 0 spiro atoms. The normalized spacial score (nSPS) is 12.5. The fraction of sp³-hybridized carbons (Fsp3) is 0.188. The largest absolute Gasteiger partial charge is 0.298 e. The molecule has 0 aliphatic rings. The minimum Gasteiger partial charge on any atom is -0.298 e. The molecule has 3 aromatic rings. The van der Waals surface area contributed by atoms with E-state index in [1.807, 2.05) is 41.9 Å². The summed E-state index contributed by atoms with van der Waals surface area (Å²) in [5.41, 5.74) is 4.69. The van der Waals surface area contributed by atoms with Crippen LogP contribution in [0.2, 0.25) is 0 Å². The van der Waals surface area contributed by atoms with Crippen molar-refractivity contribution < 1.29 is 4.79 Å². The Kier molecular flexibility index (Phi) is 3.06. The second-order valence-electron chi connectivity index (χ2n) is 4.87. The molecule has 0 amide bonds. The van der Waals surface area contributed by atoms with E-state index in [4.69, 9.17) is 0 Å². The number of pyridine rings is 1. The molecular weight excluding hydrogens is 250 g/mol. The van der Waals surface area contributed by atoms with E-state index in [-0.39, 0.29) is 5.92 Å². The molecule has 0 saturated heterocycles. The summed E-state index contributed by atoms with van der Waals surface area (Å²) in [6.07, 6.45) is 6.26. The molecule has 3 aromatic heterocycles. The fourth-order valence-corrected chi connectivity index (χ4v) is 2.70. The molecule has 4 nitrogen and oxygen atoms in total. The van der Waals surface area contributed by atoms with Gasteiger partial charge in [0.1, 0.15) is 0 Å². The van der Waals surface area contributed by atoms with Gasteiger partial charge in [-0.15, -0.1) is 0 Å². The van der Waals surface area contributed by atoms with Gasteiger partial charge in [-0.05, 0) is 36.2 Å². The van der Waals surface area contributed by atoms with Crippen LogP contribution in [-0.2, 0) is 0 Å². The number of hydrogen-bond donors (Lipinski definition) is 0. The van der Waals surface area contributed by atoms with E-state index >= 15 is 0 Å². The molecule has 0 aliphatic heterocycles. The van der Waals surface area contributed by atoms with Crippen molar-refractivity contribution >= 4 is 11.8 Å². The lowest BCUT2D eigenvalue weighted by molar-refractivity contribution is 0.112. The van der Waals surface area contributed by atoms with Crippen molar-refractivity contribution in [3.8, 4) is 0 Å². The van der Waals surface area contributed by atoms with Gasteiger partial charge in [-0.3, -0.25) is 9.78 Å². The van der Waals surface area contributed by atoms with Gasteiger partial charge in [-0.1, -0.05) is 13.0 Å². The second kappa shape index (κ2) is 4.89. The maximum Gasteiger partial charge on any atom is 0.152 e. The van der Waals surface area contributed by atoms with Gasteiger partial charge in [-0.25, -0.2) is 4.52 Å². The highest BCUT2D eigenvalue weighted by atomic mass is 16.1. The number of aromatic nitrogens is 3. The molecule has 0 radical (unpaired) electrons. The zero-order valence-corrected chi connectivity index (χ0v) is 11.4. The molecule has 3 heterocycles. The first kappa shape index (κ1) is 12.5. The Labute approximate surface area is 117 Å². The number of nitrogens with zero attached hydrogens (tertiary/aromatic N) is 3. The van der Waals surface area contributed by atoms with Crippen LogP contribution >= 0.6 is 0 Å². The van der Waals surface area contributed by atoms with Gasteiger partial charge < -0.3 is 0 Å². The standard InChI is InChI=1S/C16H15N3O/c1-11(13-5-3-7-17-9-13)16-12(2)14(10-20)15-6-4-8-18-19(15)16/h3-11H,1-2H3. The van der Waals surface area contributed by atoms with Crippen molar-refractivity contribution in [1.29, 1.82) is 0 Å². The highest BCUT2D eigenvalue weighted by molar-refractivity contribution is 5.89. The Morgan fingerprint density at radius 2 is 2.05 bits per heavy atom. The molecule has 0 saturated carbocycles. The highest BCUT2D eigenvalue weighted by Gasteiger charge is 2.21. The maximum absolute atomic E-state index is 11.4. The molecule has 1 atom stereocenters. The minimum absolute atomic E-state index is 0.125. The minimum atomic E-state index is 0.125. The Hall–Kier alpha value is -2.49. The van der Waals surface area contributed by atoms with E-state index in [1.165, 1.54) is 0 Å². The van der Waals surface area contributed by atoms with Crippen molar-refractivity contribution in [2.24, 2.45) is 0 Å². The first-order valence-electron chi connectivity index (χ1n) is 6.55. The topological polar surface area (TPSA) is 47.3 Å². The number of carbonyl (C=O) groups excluding carboxylic acids is 1. The Morgan fingerprint density at radius 1 is 1.25 bits per heavy atom. The van der Waals surface area contributed by atoms with Crippen LogP contribution in [-0.4, -0.2) is 20.9 Å². The van der Waals surface area contributed by atoms with Crippen molar-refractivity contribution in [3.63, 3.8) is 0 Å². The summed E-state index contributed by atoms with van der Waals surface area (Å²) in [6.45, 7) is 4.08. The van der Waals surface area contributed by atoms with E-state index in [2.05, 4.69) is 17.0 Å². The van der Waals surface area contributed by atoms with Crippen LogP contribution in [0.3, 0.4) is 0 Å². The van der Waals surface area contributed by atoms with Gasteiger partial charge >= 0.3 is 0 Å². The molecule has 0 bridgehead atoms. The third-order valence-electron chi connectivity index (χ3n) is 3.76. The van der Waals surface area contributed by atoms with Crippen LogP contribution in [0.25, 0.3) is 5.52 Å². The number of hydrogen-bond acceptors (Lipinski definition) is 3. The van der Waals surface area contributed by atoms with E-state index in [0.29, 0.717) is 5.56 Å². The van der Waals surface area contributed by atoms with Crippen LogP contribution < -0.4 is 0 Å². The summed E-state index contributed by atoms with van der Waals surface area (Å²) < 4.78 is 1.86. The second-order valence-corrected chi connectivity index (χ2v) is 4.87. The number of carbonyl (C=O) groups is 1. The molecule has 0 fully saturated rings. The average Bonchev–Trinajstić information content (AvgIpc) is 2.79. The smallest absolute Gasteiger partial charge is 0.152 e. The molecule has 0 aliphatic carbocycles. The summed E-state index contributed by atoms with van der Waals surface area (Å²) in [4.78, 5) is 15.5. The highest BCUT2D eigenvalue weighted by Crippen LogP contribution is 2.30. The zero-order valence-electron chi connectivity index (χ0n) is 11.4. The average molecular weight is 265 g/mol. The van der Waals surface area contributed by atoms with Crippen molar-refractivity contribution in [2.75, 3.05) is 0 Å². The van der Waals surface area contributed by atoms with E-state index in [0.717, 1.165) is 28.6 Å². The van der Waals surface area contributed by atoms with Crippen LogP contribution in [0.4, 0.5) is 0 Å². The fourth-order valence-electron chi connectivity index (χ4n) is 2.70. The van der Waals surface area contributed by atoms with E-state index < -0.39 is 0 Å². The lowest BCUT2D eigenvalue weighted by Crippen LogP contribution is -2.04. The number of aldehydes is 1. The quantitative estimate of drug-likeness (QED) is 0.684. The van der Waals surface area contributed by atoms with Crippen LogP contribution in [0, 0.1) is 6.92 Å². The number of rotatable bonds is 3. The SMILES string of the molecule is Cc1c(C=O)c2cccnn2c1C(C)c1cccnc1. The van der Waals surface area contributed by atoms with Gasteiger partial charge in [0.25, 0.3) is 0 Å². The maximum atomic E-state index is 11.4. The van der Waals surface area contributed by atoms with Gasteiger partial charge in [0.15, 0.2) is 6.29 Å². The third kappa shape index (κ3) is 1.81. The van der Waals surface area contributed by atoms with Gasteiger partial charge in [0.05, 0.1) is 11.2 Å². The van der Waals surface area contributed by atoms with Crippen LogP contribution in [0.5, 0.6) is 0 Å². The molecule has 3 rings (SSSR count). The summed E-state index contributed by atoms with van der Waals surface area (Å²) in [7, 11) is 0. The van der Waals surface area contributed by atoms with Crippen molar-refractivity contribution in [2.45, 2.75) is 19.8 Å². The molecule has 1 unspecified atom stereocenters. The predicted molar refractivity (Wildman–Crippen MR) is 77.1 cm³/mol. The molecule has 20 heavy (non-hydrogen) atoms. The van der Waals surface area contributed by atoms with Crippen LogP contribution in [0.15, 0.2) is 42.9 Å². The molecule has 0 aromatic carbocycles. The van der Waals surface area contributed by atoms with Gasteiger partial charge in [0.2, 0.25) is 0 Å². The molecule has 4 heteroatoms. The number of fused-ring (bicyclic) bond motifs is 1. The van der Waals surface area contributed by atoms with E-state index in [1.54, 1.807) is 12.4 Å². The zero-order chi connectivity index (χ0) is 14.1. The lowest BCUT2D eigenvalue weighted by atomic mass is 9.96. The van der Waals surface area contributed by atoms with Crippen LogP contribution in [0.1, 0.15) is 40.0 Å². The van der Waals surface area contributed by atoms with Gasteiger partial charge in [-0.2, -0.15) is 5.10 Å². The summed E-state index contributed by atoms with van der Waals surface area (Å²) in [6, 6.07) is 7.73. The molecule has 100 valence electrons. The first-order valence-corrected chi connectivity index (χ1v) is 6.55. The Balaban J connectivity index is 2.26. The Bertz CT molecular complexity index is 762.